The molecule has 7 nitrogen and oxygen atoms in total. The predicted molar refractivity (Wildman–Crippen MR) is 132 cm³/mol. The molecule has 0 spiro atoms. The van der Waals surface area contributed by atoms with Crippen LogP contribution in [0.2, 0.25) is 5.02 Å². The van der Waals surface area contributed by atoms with Crippen LogP contribution in [0.1, 0.15) is 16.7 Å². The third-order valence-corrected chi connectivity index (χ3v) is 6.29. The molecule has 0 heterocycles. The number of ether oxygens (including phenoxy) is 1. The van der Waals surface area contributed by atoms with Gasteiger partial charge in [-0.2, -0.15) is 18.3 Å². The van der Waals surface area contributed by atoms with Crippen molar-refractivity contribution in [2.75, 3.05) is 17.1 Å². The van der Waals surface area contributed by atoms with Crippen molar-refractivity contribution in [3.8, 4) is 5.75 Å². The van der Waals surface area contributed by atoms with Crippen molar-refractivity contribution in [2.45, 2.75) is 12.8 Å². The fourth-order valence-electron chi connectivity index (χ4n) is 3.01. The first-order valence-electron chi connectivity index (χ1n) is 10.4. The van der Waals surface area contributed by atoms with Gasteiger partial charge >= 0.3 is 6.18 Å². The molecule has 1 N–H and O–H groups in total. The van der Waals surface area contributed by atoms with Crippen molar-refractivity contribution in [1.82, 2.24) is 5.43 Å². The van der Waals surface area contributed by atoms with Crippen LogP contribution >= 0.6 is 11.6 Å². The summed E-state index contributed by atoms with van der Waals surface area (Å²) in [7, 11) is -4.05. The first-order valence-corrected chi connectivity index (χ1v) is 12.6. The highest BCUT2D eigenvalue weighted by molar-refractivity contribution is 7.92. The minimum absolute atomic E-state index is 0.284. The number of nitrogens with one attached hydrogen (secondary N) is 1. The molecule has 36 heavy (non-hydrogen) atoms. The van der Waals surface area contributed by atoms with Crippen molar-refractivity contribution in [3.05, 3.63) is 94.5 Å². The number of hydrazone groups is 1. The number of nitrogens with zero attached hydrogens (tertiary/aromatic N) is 2. The molecule has 190 valence electrons. The zero-order valence-corrected chi connectivity index (χ0v) is 20.4. The fourth-order valence-corrected chi connectivity index (χ4v) is 4.05. The van der Waals surface area contributed by atoms with Gasteiger partial charge in [-0.05, 0) is 54.1 Å². The number of hydrogen-bond donors (Lipinski definition) is 1. The number of amides is 1. The van der Waals surface area contributed by atoms with Crippen molar-refractivity contribution in [3.63, 3.8) is 0 Å². The number of halogens is 4. The molecular weight excluding hydrogens is 519 g/mol. The first-order chi connectivity index (χ1) is 16.9. The van der Waals surface area contributed by atoms with Crippen LogP contribution in [0.3, 0.4) is 0 Å². The van der Waals surface area contributed by atoms with Gasteiger partial charge in [0.05, 0.1) is 23.7 Å². The lowest BCUT2D eigenvalue weighted by Gasteiger charge is -2.22. The van der Waals surface area contributed by atoms with Crippen molar-refractivity contribution < 1.29 is 31.1 Å². The van der Waals surface area contributed by atoms with Gasteiger partial charge < -0.3 is 4.74 Å². The summed E-state index contributed by atoms with van der Waals surface area (Å²) in [5.74, 6) is -0.255. The van der Waals surface area contributed by atoms with Crippen LogP contribution in [0.4, 0.5) is 18.9 Å². The van der Waals surface area contributed by atoms with E-state index in [9.17, 15) is 26.4 Å². The minimum atomic E-state index is -4.67. The third kappa shape index (κ3) is 7.72. The van der Waals surface area contributed by atoms with Gasteiger partial charge in [0.1, 0.15) is 18.9 Å². The van der Waals surface area contributed by atoms with E-state index in [-0.39, 0.29) is 12.3 Å². The minimum Gasteiger partial charge on any atom is -0.489 e. The Labute approximate surface area is 211 Å². The van der Waals surface area contributed by atoms with E-state index in [1.54, 1.807) is 30.3 Å². The van der Waals surface area contributed by atoms with E-state index >= 15 is 0 Å². The fraction of sp³-hybridized carbons (Fsp3) is 0.167. The van der Waals surface area contributed by atoms with Gasteiger partial charge in [-0.25, -0.2) is 13.8 Å². The molecule has 3 rings (SSSR count). The lowest BCUT2D eigenvalue weighted by Crippen LogP contribution is -2.39. The normalized spacial score (nSPS) is 11.9. The van der Waals surface area contributed by atoms with E-state index in [4.69, 9.17) is 16.3 Å². The largest absolute Gasteiger partial charge is 0.489 e. The molecule has 0 aliphatic carbocycles. The topological polar surface area (TPSA) is 88.1 Å². The molecule has 0 saturated heterocycles. The molecule has 0 bridgehead atoms. The van der Waals surface area contributed by atoms with Gasteiger partial charge in [0, 0.05) is 10.6 Å². The summed E-state index contributed by atoms with van der Waals surface area (Å²) in [6.07, 6.45) is -2.55. The summed E-state index contributed by atoms with van der Waals surface area (Å²) >= 11 is 6.10. The lowest BCUT2D eigenvalue weighted by molar-refractivity contribution is -0.137. The molecule has 0 atom stereocenters. The summed E-state index contributed by atoms with van der Waals surface area (Å²) in [4.78, 5) is 12.3. The summed E-state index contributed by atoms with van der Waals surface area (Å²) < 4.78 is 69.5. The van der Waals surface area contributed by atoms with Crippen molar-refractivity contribution in [1.29, 1.82) is 0 Å². The monoisotopic (exact) mass is 539 g/mol. The van der Waals surface area contributed by atoms with Crippen LogP contribution in [0, 0.1) is 0 Å². The number of anilines is 1. The number of rotatable bonds is 9. The number of benzene rings is 3. The summed E-state index contributed by atoms with van der Waals surface area (Å²) in [6.45, 7) is -0.474. The predicted octanol–water partition coefficient (Wildman–Crippen LogP) is 4.85. The Morgan fingerprint density at radius 2 is 1.78 bits per heavy atom. The Morgan fingerprint density at radius 1 is 1.08 bits per heavy atom. The Kier molecular flexibility index (Phi) is 8.59. The zero-order chi connectivity index (χ0) is 26.3. The highest BCUT2D eigenvalue weighted by Gasteiger charge is 2.32. The summed E-state index contributed by atoms with van der Waals surface area (Å²) in [6, 6.07) is 17.7. The number of alkyl halides is 3. The maximum absolute atomic E-state index is 13.0. The van der Waals surface area contributed by atoms with Crippen LogP contribution in [0.5, 0.6) is 5.75 Å². The standard InChI is InChI=1S/C24H21ClF3N3O4S/c1-36(33,34)31(20-7-4-6-19(13-20)24(26,27)28)15-23(32)30-29-14-17-9-11-21(12-10-17)35-16-18-5-2-3-8-22(18)25/h2-14H,15-16H2,1H3,(H,30,32)/b29-14-. The Bertz CT molecular complexity index is 1350. The van der Waals surface area contributed by atoms with Crippen LogP contribution in [0.15, 0.2) is 77.9 Å². The van der Waals surface area contributed by atoms with Gasteiger partial charge in [-0.1, -0.05) is 35.9 Å². The summed E-state index contributed by atoms with van der Waals surface area (Å²) in [5.41, 5.74) is 2.29. The van der Waals surface area contributed by atoms with E-state index in [0.29, 0.717) is 26.7 Å². The number of hydrogen-bond acceptors (Lipinski definition) is 5. The highest BCUT2D eigenvalue weighted by Crippen LogP contribution is 2.32. The SMILES string of the molecule is CS(=O)(=O)N(CC(=O)N/N=C\c1ccc(OCc2ccccc2Cl)cc1)c1cccc(C(F)(F)F)c1. The van der Waals surface area contributed by atoms with E-state index < -0.39 is 34.2 Å². The number of carbonyl (C=O) groups is 1. The lowest BCUT2D eigenvalue weighted by atomic mass is 10.2. The molecule has 0 radical (unpaired) electrons. The van der Waals surface area contributed by atoms with Crippen molar-refractivity contribution >= 4 is 39.4 Å². The molecule has 0 fully saturated rings. The molecule has 12 heteroatoms. The van der Waals surface area contributed by atoms with E-state index in [0.717, 1.165) is 24.0 Å². The Balaban J connectivity index is 1.59. The molecule has 0 aliphatic heterocycles. The van der Waals surface area contributed by atoms with Crippen LogP contribution in [-0.2, 0) is 27.6 Å². The van der Waals surface area contributed by atoms with Crippen molar-refractivity contribution in [2.24, 2.45) is 5.10 Å². The Hall–Kier alpha value is -3.57. The number of sulfonamides is 1. The molecule has 0 saturated carbocycles. The van der Waals surface area contributed by atoms with Crippen LogP contribution in [-0.4, -0.2) is 33.3 Å². The smallest absolute Gasteiger partial charge is 0.416 e. The van der Waals surface area contributed by atoms with E-state index in [1.807, 2.05) is 18.2 Å². The maximum Gasteiger partial charge on any atom is 0.416 e. The van der Waals surface area contributed by atoms with Gasteiger partial charge in [-0.15, -0.1) is 0 Å². The molecule has 3 aromatic carbocycles. The second-order valence-electron chi connectivity index (χ2n) is 7.56. The second kappa shape index (κ2) is 11.4. The van der Waals surface area contributed by atoms with Gasteiger partial charge in [0.25, 0.3) is 5.91 Å². The molecule has 0 aromatic heterocycles. The quantitative estimate of drug-likeness (QED) is 0.311. The molecule has 3 aromatic rings. The van der Waals surface area contributed by atoms with Crippen LogP contribution < -0.4 is 14.5 Å². The second-order valence-corrected chi connectivity index (χ2v) is 9.87. The maximum atomic E-state index is 13.0. The van der Waals surface area contributed by atoms with Gasteiger partial charge in [0.2, 0.25) is 10.0 Å². The summed E-state index contributed by atoms with van der Waals surface area (Å²) in [5, 5.41) is 4.37. The zero-order valence-electron chi connectivity index (χ0n) is 18.9. The highest BCUT2D eigenvalue weighted by atomic mass is 35.5. The average Bonchev–Trinajstić information content (AvgIpc) is 2.82. The van der Waals surface area contributed by atoms with Gasteiger partial charge in [0.15, 0.2) is 0 Å². The third-order valence-electron chi connectivity index (χ3n) is 4.78. The number of carbonyl (C=O) groups excluding carboxylic acids is 1. The molecule has 0 aliphatic rings. The average molecular weight is 540 g/mol. The molecule has 0 unspecified atom stereocenters. The molecule has 1 amide bonds. The van der Waals surface area contributed by atoms with E-state index in [1.165, 1.54) is 12.3 Å². The van der Waals surface area contributed by atoms with Crippen LogP contribution in [0.25, 0.3) is 0 Å². The Morgan fingerprint density at radius 3 is 2.42 bits per heavy atom. The molecular formula is C24H21ClF3N3O4S. The van der Waals surface area contributed by atoms with E-state index in [2.05, 4.69) is 10.5 Å². The first kappa shape index (κ1) is 27.0. The van der Waals surface area contributed by atoms with Gasteiger partial charge in [-0.3, -0.25) is 9.10 Å².